The second kappa shape index (κ2) is 12.1. The number of hydrogen-bond acceptors (Lipinski definition) is 2. The van der Waals surface area contributed by atoms with Crippen LogP contribution < -0.4 is 5.32 Å². The minimum absolute atomic E-state index is 0.0760. The monoisotopic (exact) mass is 456 g/mol. The van der Waals surface area contributed by atoms with Crippen LogP contribution in [0, 0.1) is 0 Å². The molecule has 2 aromatic carbocycles. The highest BCUT2D eigenvalue weighted by Crippen LogP contribution is 2.31. The second-order valence-electron chi connectivity index (χ2n) is 7.93. The molecular weight excluding hydrogens is 427 g/mol. The van der Waals surface area contributed by atoms with E-state index in [2.05, 4.69) is 12.2 Å². The van der Waals surface area contributed by atoms with Gasteiger partial charge in [-0.1, -0.05) is 93.3 Å². The first-order valence-electron chi connectivity index (χ1n) is 11.2. The van der Waals surface area contributed by atoms with Gasteiger partial charge in [0, 0.05) is 22.5 Å². The third-order valence-electron chi connectivity index (χ3n) is 5.48. The first kappa shape index (κ1) is 23.6. The number of carbonyl (C=O) groups is 1. The maximum Gasteiger partial charge on any atom is 0.252 e. The molecule has 164 valence electrons. The summed E-state index contributed by atoms with van der Waals surface area (Å²) in [5.41, 5.74) is 2.81. The molecule has 1 amide bonds. The minimum atomic E-state index is -0.0760. The number of amides is 1. The number of para-hydroxylation sites is 1. The third-order valence-corrected chi connectivity index (χ3v) is 6.03. The Balaban J connectivity index is 1.67. The number of halogens is 2. The van der Waals surface area contributed by atoms with Gasteiger partial charge in [0.05, 0.1) is 21.8 Å². The molecule has 3 aromatic rings. The smallest absolute Gasteiger partial charge is 0.252 e. The molecule has 31 heavy (non-hydrogen) atoms. The lowest BCUT2D eigenvalue weighted by Crippen LogP contribution is -2.24. The van der Waals surface area contributed by atoms with E-state index in [0.717, 1.165) is 29.3 Å². The van der Waals surface area contributed by atoms with Crippen LogP contribution in [0.1, 0.15) is 68.6 Å². The molecule has 1 aromatic heterocycles. The Morgan fingerprint density at radius 1 is 0.903 bits per heavy atom. The van der Waals surface area contributed by atoms with Crippen molar-refractivity contribution in [3.8, 4) is 11.3 Å². The topological polar surface area (TPSA) is 42.0 Å². The highest BCUT2D eigenvalue weighted by molar-refractivity contribution is 6.36. The summed E-state index contributed by atoms with van der Waals surface area (Å²) in [5, 5.41) is 5.00. The van der Waals surface area contributed by atoms with Crippen LogP contribution in [0.5, 0.6) is 0 Å². The number of pyridine rings is 1. The number of aromatic nitrogens is 1. The molecule has 5 heteroatoms. The zero-order valence-corrected chi connectivity index (χ0v) is 19.6. The Morgan fingerprint density at radius 2 is 1.61 bits per heavy atom. The second-order valence-corrected chi connectivity index (χ2v) is 8.77. The summed E-state index contributed by atoms with van der Waals surface area (Å²) >= 11 is 12.4. The number of benzene rings is 2. The predicted octanol–water partition coefficient (Wildman–Crippen LogP) is 8.08. The van der Waals surface area contributed by atoms with Gasteiger partial charge in [-0.15, -0.1) is 0 Å². The quantitative estimate of drug-likeness (QED) is 0.296. The molecule has 0 radical (unpaired) electrons. The number of nitrogens with zero attached hydrogens (tertiary/aromatic N) is 1. The Kier molecular flexibility index (Phi) is 9.17. The van der Waals surface area contributed by atoms with Gasteiger partial charge in [0.25, 0.3) is 5.91 Å². The van der Waals surface area contributed by atoms with E-state index in [-0.39, 0.29) is 5.91 Å². The van der Waals surface area contributed by atoms with Crippen LogP contribution in [0.25, 0.3) is 22.2 Å². The van der Waals surface area contributed by atoms with Crippen molar-refractivity contribution < 1.29 is 4.79 Å². The van der Waals surface area contributed by atoms with Gasteiger partial charge in [0.2, 0.25) is 0 Å². The Bertz CT molecular complexity index is 1020. The number of rotatable bonds is 11. The molecule has 0 aliphatic heterocycles. The first-order chi connectivity index (χ1) is 15.1. The summed E-state index contributed by atoms with van der Waals surface area (Å²) in [5.74, 6) is -0.0760. The fraction of sp³-hybridized carbons (Fsp3) is 0.385. The lowest BCUT2D eigenvalue weighted by Gasteiger charge is -2.11. The van der Waals surface area contributed by atoms with E-state index in [0.29, 0.717) is 27.8 Å². The Labute approximate surface area is 195 Å². The van der Waals surface area contributed by atoms with E-state index in [4.69, 9.17) is 28.2 Å². The summed E-state index contributed by atoms with van der Waals surface area (Å²) in [6, 6.07) is 14.8. The number of unbranched alkanes of at least 4 members (excludes halogenated alkanes) is 7. The largest absolute Gasteiger partial charge is 0.352 e. The van der Waals surface area contributed by atoms with Gasteiger partial charge in [0.15, 0.2) is 0 Å². The molecule has 1 heterocycles. The molecule has 0 bridgehead atoms. The SMILES string of the molecule is CCCCCCCCCCNC(=O)c1cc(-c2ccc(Cl)cc2Cl)nc2ccccc12. The molecule has 0 aliphatic carbocycles. The molecule has 0 atom stereocenters. The summed E-state index contributed by atoms with van der Waals surface area (Å²) in [6.45, 7) is 2.92. The van der Waals surface area contributed by atoms with Gasteiger partial charge < -0.3 is 5.32 Å². The van der Waals surface area contributed by atoms with Gasteiger partial charge in [0.1, 0.15) is 0 Å². The minimum Gasteiger partial charge on any atom is -0.352 e. The highest BCUT2D eigenvalue weighted by Gasteiger charge is 2.15. The molecule has 0 spiro atoms. The lowest BCUT2D eigenvalue weighted by atomic mass is 10.0. The van der Waals surface area contributed by atoms with Crippen LogP contribution in [-0.4, -0.2) is 17.4 Å². The normalized spacial score (nSPS) is 11.1. The van der Waals surface area contributed by atoms with Crippen molar-refractivity contribution in [1.82, 2.24) is 10.3 Å². The zero-order chi connectivity index (χ0) is 22.1. The molecule has 0 saturated heterocycles. The maximum atomic E-state index is 13.0. The van der Waals surface area contributed by atoms with Gasteiger partial charge in [-0.25, -0.2) is 4.98 Å². The number of fused-ring (bicyclic) bond motifs is 1. The lowest BCUT2D eigenvalue weighted by molar-refractivity contribution is 0.0954. The molecule has 0 saturated carbocycles. The van der Waals surface area contributed by atoms with Gasteiger partial charge in [-0.3, -0.25) is 4.79 Å². The molecule has 3 nitrogen and oxygen atoms in total. The summed E-state index contributed by atoms with van der Waals surface area (Å²) in [4.78, 5) is 17.7. The molecule has 0 unspecified atom stereocenters. The highest BCUT2D eigenvalue weighted by atomic mass is 35.5. The van der Waals surface area contributed by atoms with Crippen molar-refractivity contribution in [1.29, 1.82) is 0 Å². The van der Waals surface area contributed by atoms with Gasteiger partial charge in [-0.2, -0.15) is 0 Å². The number of carbonyl (C=O) groups excluding carboxylic acids is 1. The molecular formula is C26H30Cl2N2O. The van der Waals surface area contributed by atoms with Gasteiger partial charge >= 0.3 is 0 Å². The average Bonchev–Trinajstić information content (AvgIpc) is 2.77. The fourth-order valence-corrected chi connectivity index (χ4v) is 4.26. The number of nitrogens with one attached hydrogen (secondary N) is 1. The van der Waals surface area contributed by atoms with Crippen LogP contribution in [0.2, 0.25) is 10.0 Å². The molecule has 1 N–H and O–H groups in total. The average molecular weight is 457 g/mol. The predicted molar refractivity (Wildman–Crippen MR) is 132 cm³/mol. The Morgan fingerprint density at radius 3 is 2.35 bits per heavy atom. The third kappa shape index (κ3) is 6.69. The van der Waals surface area contributed by atoms with Crippen molar-refractivity contribution in [2.75, 3.05) is 6.54 Å². The molecule has 0 aliphatic rings. The van der Waals surface area contributed by atoms with Crippen molar-refractivity contribution in [2.24, 2.45) is 0 Å². The van der Waals surface area contributed by atoms with Crippen molar-refractivity contribution >= 4 is 40.0 Å². The van der Waals surface area contributed by atoms with E-state index < -0.39 is 0 Å². The van der Waals surface area contributed by atoms with Crippen molar-refractivity contribution in [3.63, 3.8) is 0 Å². The van der Waals surface area contributed by atoms with Crippen LogP contribution in [0.3, 0.4) is 0 Å². The van der Waals surface area contributed by atoms with E-state index in [9.17, 15) is 4.79 Å². The summed E-state index contributed by atoms with van der Waals surface area (Å²) < 4.78 is 0. The van der Waals surface area contributed by atoms with Crippen LogP contribution in [0.15, 0.2) is 48.5 Å². The van der Waals surface area contributed by atoms with E-state index in [1.54, 1.807) is 12.1 Å². The fourth-order valence-electron chi connectivity index (χ4n) is 3.75. The van der Waals surface area contributed by atoms with Crippen LogP contribution >= 0.6 is 23.2 Å². The summed E-state index contributed by atoms with van der Waals surface area (Å²) in [6.07, 6.45) is 9.93. The molecule has 3 rings (SSSR count). The van der Waals surface area contributed by atoms with Crippen LogP contribution in [-0.2, 0) is 0 Å². The standard InChI is InChI=1S/C26H30Cl2N2O/c1-2-3-4-5-6-7-8-11-16-29-26(31)22-18-25(21-15-14-19(27)17-23(21)28)30-24-13-10-9-12-20(22)24/h9-10,12-15,17-18H,2-8,11,16H2,1H3,(H,29,31). The number of hydrogen-bond donors (Lipinski definition) is 1. The Hall–Kier alpha value is -2.10. The van der Waals surface area contributed by atoms with Gasteiger partial charge in [-0.05, 0) is 36.8 Å². The van der Waals surface area contributed by atoms with Crippen molar-refractivity contribution in [3.05, 3.63) is 64.1 Å². The first-order valence-corrected chi connectivity index (χ1v) is 12.0. The van der Waals surface area contributed by atoms with E-state index in [1.165, 1.54) is 38.5 Å². The van der Waals surface area contributed by atoms with Crippen molar-refractivity contribution in [2.45, 2.75) is 58.3 Å². The maximum absolute atomic E-state index is 13.0. The zero-order valence-electron chi connectivity index (χ0n) is 18.1. The van der Waals surface area contributed by atoms with E-state index >= 15 is 0 Å². The summed E-state index contributed by atoms with van der Waals surface area (Å²) in [7, 11) is 0. The van der Waals surface area contributed by atoms with Crippen LogP contribution in [0.4, 0.5) is 0 Å². The molecule has 0 fully saturated rings. The van der Waals surface area contributed by atoms with E-state index in [1.807, 2.05) is 36.4 Å².